The fraction of sp³-hybridized carbons (Fsp3) is 0.611. The second-order valence-corrected chi connectivity index (χ2v) is 7.30. The molecule has 0 spiro atoms. The summed E-state index contributed by atoms with van der Waals surface area (Å²) in [5.74, 6) is 0.961. The molecule has 4 nitrogen and oxygen atoms in total. The lowest BCUT2D eigenvalue weighted by molar-refractivity contribution is -0.136. The number of amides is 1. The first kappa shape index (κ1) is 16.8. The number of nitrogens with zero attached hydrogens (tertiary/aromatic N) is 1. The van der Waals surface area contributed by atoms with Gasteiger partial charge in [0.1, 0.15) is 11.9 Å². The van der Waals surface area contributed by atoms with Gasteiger partial charge in [-0.05, 0) is 24.5 Å². The van der Waals surface area contributed by atoms with E-state index in [1.165, 1.54) is 5.56 Å². The van der Waals surface area contributed by atoms with Gasteiger partial charge in [0.15, 0.2) is 0 Å². The fourth-order valence-corrected chi connectivity index (χ4v) is 2.57. The van der Waals surface area contributed by atoms with Gasteiger partial charge in [-0.1, -0.05) is 38.5 Å². The highest BCUT2D eigenvalue weighted by Crippen LogP contribution is 2.23. The van der Waals surface area contributed by atoms with Crippen molar-refractivity contribution in [3.63, 3.8) is 0 Å². The van der Waals surface area contributed by atoms with Crippen molar-refractivity contribution in [2.24, 2.45) is 11.1 Å². The third-order valence-corrected chi connectivity index (χ3v) is 4.28. The van der Waals surface area contributed by atoms with Gasteiger partial charge in [0.05, 0.1) is 6.04 Å². The minimum Gasteiger partial charge on any atom is -0.490 e. The van der Waals surface area contributed by atoms with Crippen molar-refractivity contribution in [3.8, 4) is 5.75 Å². The minimum absolute atomic E-state index is 0.0567. The molecule has 0 aliphatic carbocycles. The number of carbonyl (C=O) groups excluding carboxylic acids is 1. The van der Waals surface area contributed by atoms with Crippen LogP contribution in [0.3, 0.4) is 0 Å². The Kier molecular flexibility index (Phi) is 5.12. The molecule has 1 amide bonds. The second-order valence-electron chi connectivity index (χ2n) is 7.30. The van der Waals surface area contributed by atoms with Gasteiger partial charge in [-0.3, -0.25) is 4.79 Å². The zero-order valence-corrected chi connectivity index (χ0v) is 14.1. The fourth-order valence-electron chi connectivity index (χ4n) is 2.57. The lowest BCUT2D eigenvalue weighted by atomic mass is 9.86. The normalized spacial score (nSPS) is 18.1. The van der Waals surface area contributed by atoms with E-state index in [4.69, 9.17) is 10.5 Å². The van der Waals surface area contributed by atoms with E-state index in [2.05, 4.69) is 19.1 Å². The molecule has 0 bridgehead atoms. The number of carbonyl (C=O) groups is 1. The van der Waals surface area contributed by atoms with Gasteiger partial charge in [0.25, 0.3) is 0 Å². The van der Waals surface area contributed by atoms with Gasteiger partial charge in [0, 0.05) is 25.9 Å². The first-order valence-corrected chi connectivity index (χ1v) is 8.05. The van der Waals surface area contributed by atoms with Crippen molar-refractivity contribution in [3.05, 3.63) is 29.8 Å². The molecule has 0 unspecified atom stereocenters. The van der Waals surface area contributed by atoms with E-state index in [-0.39, 0.29) is 17.4 Å². The molecule has 2 rings (SSSR count). The molecule has 4 heteroatoms. The summed E-state index contributed by atoms with van der Waals surface area (Å²) in [6, 6.07) is 7.67. The maximum absolute atomic E-state index is 12.4. The van der Waals surface area contributed by atoms with E-state index in [0.29, 0.717) is 0 Å². The molecule has 0 radical (unpaired) electrons. The Balaban J connectivity index is 1.85. The van der Waals surface area contributed by atoms with Crippen LogP contribution in [0, 0.1) is 12.3 Å². The van der Waals surface area contributed by atoms with Gasteiger partial charge >= 0.3 is 0 Å². The quantitative estimate of drug-likeness (QED) is 0.934. The Bertz CT molecular complexity index is 497. The number of ether oxygens (including phenoxy) is 1. The van der Waals surface area contributed by atoms with Crippen LogP contribution in [-0.4, -0.2) is 36.0 Å². The zero-order chi connectivity index (χ0) is 16.3. The summed E-state index contributed by atoms with van der Waals surface area (Å²) in [6.07, 6.45) is 1.89. The summed E-state index contributed by atoms with van der Waals surface area (Å²) in [5.41, 5.74) is 7.10. The number of nitrogens with two attached hydrogens (primary N) is 1. The van der Waals surface area contributed by atoms with Crippen molar-refractivity contribution in [2.45, 2.75) is 52.7 Å². The predicted octanol–water partition coefficient (Wildman–Crippen LogP) is 2.74. The van der Waals surface area contributed by atoms with Crippen molar-refractivity contribution in [1.82, 2.24) is 4.90 Å². The maximum Gasteiger partial charge on any atom is 0.240 e. The Morgan fingerprint density at radius 1 is 1.23 bits per heavy atom. The Labute approximate surface area is 133 Å². The number of likely N-dealkylation sites (tertiary alicyclic amines) is 1. The van der Waals surface area contributed by atoms with E-state index < -0.39 is 6.04 Å². The number of hydrogen-bond acceptors (Lipinski definition) is 3. The molecule has 1 aliphatic heterocycles. The SMILES string of the molecule is Cc1ccc(OC2CCN(C(=O)[C@@H](N)C(C)(C)C)CC2)cc1. The zero-order valence-electron chi connectivity index (χ0n) is 14.1. The van der Waals surface area contributed by atoms with Crippen molar-refractivity contribution < 1.29 is 9.53 Å². The molecule has 1 heterocycles. The van der Waals surface area contributed by atoms with Crippen LogP contribution in [0.25, 0.3) is 0 Å². The van der Waals surface area contributed by atoms with Crippen molar-refractivity contribution in [2.75, 3.05) is 13.1 Å². The highest BCUT2D eigenvalue weighted by molar-refractivity contribution is 5.82. The first-order chi connectivity index (χ1) is 10.3. The highest BCUT2D eigenvalue weighted by Gasteiger charge is 2.33. The standard InChI is InChI=1S/C18H28N2O2/c1-13-5-7-14(8-6-13)22-15-9-11-20(12-10-15)17(21)16(19)18(2,3)4/h5-8,15-16H,9-12,19H2,1-4H3/t16-/m1/s1. The van der Waals surface area contributed by atoms with E-state index in [1.54, 1.807) is 0 Å². The second kappa shape index (κ2) is 6.69. The van der Waals surface area contributed by atoms with Crippen molar-refractivity contribution in [1.29, 1.82) is 0 Å². The van der Waals surface area contributed by atoms with Crippen LogP contribution in [0.15, 0.2) is 24.3 Å². The lowest BCUT2D eigenvalue weighted by Crippen LogP contribution is -2.53. The highest BCUT2D eigenvalue weighted by atomic mass is 16.5. The summed E-state index contributed by atoms with van der Waals surface area (Å²) in [7, 11) is 0. The number of aryl methyl sites for hydroxylation is 1. The van der Waals surface area contributed by atoms with Gasteiger partial charge in [-0.25, -0.2) is 0 Å². The van der Waals surface area contributed by atoms with Crippen LogP contribution in [0.2, 0.25) is 0 Å². The molecule has 22 heavy (non-hydrogen) atoms. The largest absolute Gasteiger partial charge is 0.490 e. The average molecular weight is 304 g/mol. The summed E-state index contributed by atoms with van der Waals surface area (Å²) < 4.78 is 6.00. The first-order valence-electron chi connectivity index (χ1n) is 8.05. The van der Waals surface area contributed by atoms with Gasteiger partial charge in [0.2, 0.25) is 5.91 Å². The van der Waals surface area contributed by atoms with Gasteiger partial charge in [-0.2, -0.15) is 0 Å². The molecule has 1 aromatic carbocycles. The topological polar surface area (TPSA) is 55.6 Å². The monoisotopic (exact) mass is 304 g/mol. The summed E-state index contributed by atoms with van der Waals surface area (Å²) in [6.45, 7) is 9.51. The molecular formula is C18H28N2O2. The van der Waals surface area contributed by atoms with Gasteiger partial charge < -0.3 is 15.4 Å². The van der Waals surface area contributed by atoms with Crippen LogP contribution >= 0.6 is 0 Å². The molecule has 1 aliphatic rings. The van der Waals surface area contributed by atoms with Crippen LogP contribution < -0.4 is 10.5 Å². The third kappa shape index (κ3) is 4.23. The predicted molar refractivity (Wildman–Crippen MR) is 88.8 cm³/mol. The molecule has 122 valence electrons. The molecular weight excluding hydrogens is 276 g/mol. The van der Waals surface area contributed by atoms with E-state index >= 15 is 0 Å². The van der Waals surface area contributed by atoms with Gasteiger partial charge in [-0.15, -0.1) is 0 Å². The summed E-state index contributed by atoms with van der Waals surface area (Å²) in [4.78, 5) is 14.3. The molecule has 1 fully saturated rings. The van der Waals surface area contributed by atoms with Crippen LogP contribution in [0.4, 0.5) is 0 Å². The smallest absolute Gasteiger partial charge is 0.240 e. The molecule has 1 saturated heterocycles. The molecule has 1 atom stereocenters. The number of benzene rings is 1. The Morgan fingerprint density at radius 2 is 1.77 bits per heavy atom. The van der Waals surface area contributed by atoms with Crippen LogP contribution in [0.5, 0.6) is 5.75 Å². The lowest BCUT2D eigenvalue weighted by Gasteiger charge is -2.36. The van der Waals surface area contributed by atoms with Crippen molar-refractivity contribution >= 4 is 5.91 Å². The molecule has 0 saturated carbocycles. The third-order valence-electron chi connectivity index (χ3n) is 4.28. The number of hydrogen-bond donors (Lipinski definition) is 1. The number of piperidine rings is 1. The Morgan fingerprint density at radius 3 is 2.27 bits per heavy atom. The number of rotatable bonds is 3. The Hall–Kier alpha value is -1.55. The average Bonchev–Trinajstić information content (AvgIpc) is 2.48. The maximum atomic E-state index is 12.4. The van der Waals surface area contributed by atoms with E-state index in [0.717, 1.165) is 31.7 Å². The minimum atomic E-state index is -0.443. The van der Waals surface area contributed by atoms with Crippen LogP contribution in [-0.2, 0) is 4.79 Å². The van der Waals surface area contributed by atoms with E-state index in [9.17, 15) is 4.79 Å². The van der Waals surface area contributed by atoms with Crippen LogP contribution in [0.1, 0.15) is 39.2 Å². The summed E-state index contributed by atoms with van der Waals surface area (Å²) in [5, 5.41) is 0. The summed E-state index contributed by atoms with van der Waals surface area (Å²) >= 11 is 0. The van der Waals surface area contributed by atoms with E-state index in [1.807, 2.05) is 37.8 Å². The molecule has 0 aromatic heterocycles. The molecule has 1 aromatic rings. The molecule has 2 N–H and O–H groups in total.